The van der Waals surface area contributed by atoms with Crippen LogP contribution in [0.15, 0.2) is 35.2 Å². The number of hydrogen-bond donors (Lipinski definition) is 1. The predicted molar refractivity (Wildman–Crippen MR) is 82.9 cm³/mol. The summed E-state index contributed by atoms with van der Waals surface area (Å²) in [6.07, 6.45) is 2.65. The van der Waals surface area contributed by atoms with Crippen molar-refractivity contribution in [3.8, 4) is 0 Å². The summed E-state index contributed by atoms with van der Waals surface area (Å²) >= 11 is 3.75. The van der Waals surface area contributed by atoms with Crippen LogP contribution in [0.1, 0.15) is 34.3 Å². The predicted octanol–water partition coefficient (Wildman–Crippen LogP) is 4.03. The highest BCUT2D eigenvalue weighted by atomic mass is 32.2. The van der Waals surface area contributed by atoms with Crippen molar-refractivity contribution in [2.24, 2.45) is 0 Å². The largest absolute Gasteiger partial charge is 0.315 e. The number of rotatable bonds is 6. The van der Waals surface area contributed by atoms with Crippen LogP contribution in [-0.4, -0.2) is 12.0 Å². The molecule has 0 atom stereocenters. The summed E-state index contributed by atoms with van der Waals surface area (Å²) in [4.78, 5) is 7.62. The van der Waals surface area contributed by atoms with Gasteiger partial charge in [0.15, 0.2) is 0 Å². The van der Waals surface area contributed by atoms with Gasteiger partial charge in [-0.3, -0.25) is 0 Å². The van der Waals surface area contributed by atoms with Crippen LogP contribution in [0.3, 0.4) is 0 Å². The molecule has 0 radical (unpaired) electrons. The maximum Gasteiger partial charge on any atom is 0.103 e. The van der Waals surface area contributed by atoms with Crippen LogP contribution in [-0.2, 0) is 12.3 Å². The molecule has 3 rings (SSSR count). The average Bonchev–Trinajstić information content (AvgIpc) is 3.21. The Labute approximate surface area is 122 Å². The first-order chi connectivity index (χ1) is 9.36. The van der Waals surface area contributed by atoms with E-state index in [2.05, 4.69) is 35.6 Å². The molecule has 0 aliphatic heterocycles. The highest BCUT2D eigenvalue weighted by Crippen LogP contribution is 2.43. The minimum atomic E-state index is 0.745. The normalized spacial score (nSPS) is 14.8. The first kappa shape index (κ1) is 13.2. The summed E-state index contributed by atoms with van der Waals surface area (Å²) < 4.78 is 0. The van der Waals surface area contributed by atoms with Crippen molar-refractivity contribution in [1.29, 1.82) is 0 Å². The fraction of sp³-hybridized carbons (Fsp3) is 0.400. The molecule has 2 aromatic rings. The van der Waals surface area contributed by atoms with Gasteiger partial charge in [-0.15, -0.1) is 23.1 Å². The number of thiazole rings is 1. The molecule has 1 saturated carbocycles. The minimum absolute atomic E-state index is 0.745. The third kappa shape index (κ3) is 3.38. The summed E-state index contributed by atoms with van der Waals surface area (Å²) in [7, 11) is 2.01. The van der Waals surface area contributed by atoms with Crippen LogP contribution < -0.4 is 5.32 Å². The van der Waals surface area contributed by atoms with Crippen LogP contribution in [0, 0.1) is 0 Å². The summed E-state index contributed by atoms with van der Waals surface area (Å²) in [5.74, 6) is 1.73. The lowest BCUT2D eigenvalue weighted by atomic mass is 10.2. The van der Waals surface area contributed by atoms with Crippen molar-refractivity contribution >= 4 is 23.1 Å². The molecule has 1 aliphatic carbocycles. The SMILES string of the molecule is CNCc1sc(CSc2ccccc2)nc1C1CC1. The molecule has 1 heterocycles. The topological polar surface area (TPSA) is 24.9 Å². The van der Waals surface area contributed by atoms with E-state index >= 15 is 0 Å². The summed E-state index contributed by atoms with van der Waals surface area (Å²) in [5, 5.41) is 4.52. The van der Waals surface area contributed by atoms with Crippen LogP contribution in [0.25, 0.3) is 0 Å². The van der Waals surface area contributed by atoms with E-state index in [-0.39, 0.29) is 0 Å². The molecular weight excluding hydrogens is 272 g/mol. The van der Waals surface area contributed by atoms with Crippen LogP contribution >= 0.6 is 23.1 Å². The molecule has 2 nitrogen and oxygen atoms in total. The van der Waals surface area contributed by atoms with Crippen molar-refractivity contribution in [3.05, 3.63) is 45.9 Å². The molecule has 1 N–H and O–H groups in total. The number of hydrogen-bond acceptors (Lipinski definition) is 4. The van der Waals surface area contributed by atoms with Crippen LogP contribution in [0.2, 0.25) is 0 Å². The zero-order valence-corrected chi connectivity index (χ0v) is 12.7. The molecular formula is C15H18N2S2. The van der Waals surface area contributed by atoms with Crippen molar-refractivity contribution in [1.82, 2.24) is 10.3 Å². The van der Waals surface area contributed by atoms with Crippen molar-refractivity contribution in [2.45, 2.75) is 36.0 Å². The Morgan fingerprint density at radius 1 is 1.32 bits per heavy atom. The summed E-state index contributed by atoms with van der Waals surface area (Å²) in [6.45, 7) is 0.958. The van der Waals surface area contributed by atoms with Gasteiger partial charge in [0.2, 0.25) is 0 Å². The Bertz CT molecular complexity index is 532. The van der Waals surface area contributed by atoms with Gasteiger partial charge < -0.3 is 5.32 Å². The average molecular weight is 290 g/mol. The lowest BCUT2D eigenvalue weighted by Crippen LogP contribution is -2.05. The van der Waals surface area contributed by atoms with Crippen molar-refractivity contribution in [3.63, 3.8) is 0 Å². The highest BCUT2D eigenvalue weighted by Gasteiger charge is 2.29. The lowest BCUT2D eigenvalue weighted by Gasteiger charge is -1.97. The summed E-state index contributed by atoms with van der Waals surface area (Å²) in [5.41, 5.74) is 1.36. The maximum atomic E-state index is 4.86. The molecule has 19 heavy (non-hydrogen) atoms. The second kappa shape index (κ2) is 6.07. The molecule has 0 saturated heterocycles. The van der Waals surface area contributed by atoms with Gasteiger partial charge in [0.1, 0.15) is 5.01 Å². The van der Waals surface area contributed by atoms with E-state index in [0.717, 1.165) is 18.2 Å². The number of benzene rings is 1. The molecule has 0 bridgehead atoms. The van der Waals surface area contributed by atoms with E-state index in [0.29, 0.717) is 0 Å². The lowest BCUT2D eigenvalue weighted by molar-refractivity contribution is 0.812. The summed E-state index contributed by atoms with van der Waals surface area (Å²) in [6, 6.07) is 10.6. The first-order valence-electron chi connectivity index (χ1n) is 6.67. The van der Waals surface area contributed by atoms with Gasteiger partial charge in [-0.2, -0.15) is 0 Å². The van der Waals surface area contributed by atoms with Gasteiger partial charge in [-0.25, -0.2) is 4.98 Å². The molecule has 1 aromatic carbocycles. The van der Waals surface area contributed by atoms with Crippen molar-refractivity contribution < 1.29 is 0 Å². The maximum absolute atomic E-state index is 4.86. The molecule has 100 valence electrons. The quantitative estimate of drug-likeness (QED) is 0.813. The fourth-order valence-corrected chi connectivity index (χ4v) is 4.18. The Morgan fingerprint density at radius 3 is 2.79 bits per heavy atom. The smallest absolute Gasteiger partial charge is 0.103 e. The molecule has 0 spiro atoms. The number of aromatic nitrogens is 1. The Kier molecular flexibility index (Phi) is 4.21. The van der Waals surface area contributed by atoms with Crippen LogP contribution in [0.4, 0.5) is 0 Å². The Balaban J connectivity index is 1.69. The standard InChI is InChI=1S/C15H18N2S2/c1-16-9-13-15(11-7-8-11)17-14(19-13)10-18-12-5-3-2-4-6-12/h2-6,11,16H,7-10H2,1H3. The molecule has 1 aliphatic rings. The number of nitrogens with one attached hydrogen (secondary N) is 1. The number of nitrogens with zero attached hydrogens (tertiary/aromatic N) is 1. The molecule has 1 aromatic heterocycles. The van der Waals surface area contributed by atoms with Crippen LogP contribution in [0.5, 0.6) is 0 Å². The minimum Gasteiger partial charge on any atom is -0.315 e. The zero-order chi connectivity index (χ0) is 13.1. The van der Waals surface area contributed by atoms with Gasteiger partial charge in [0, 0.05) is 22.2 Å². The van der Waals surface area contributed by atoms with Gasteiger partial charge >= 0.3 is 0 Å². The monoisotopic (exact) mass is 290 g/mol. The Hall–Kier alpha value is -0.840. The van der Waals surface area contributed by atoms with E-state index < -0.39 is 0 Å². The van der Waals surface area contributed by atoms with E-state index in [4.69, 9.17) is 4.98 Å². The molecule has 4 heteroatoms. The Morgan fingerprint density at radius 2 is 2.11 bits per heavy atom. The van der Waals surface area contributed by atoms with Gasteiger partial charge in [-0.1, -0.05) is 18.2 Å². The zero-order valence-electron chi connectivity index (χ0n) is 11.1. The van der Waals surface area contributed by atoms with Gasteiger partial charge in [0.05, 0.1) is 11.4 Å². The van der Waals surface area contributed by atoms with E-state index in [1.807, 2.05) is 30.1 Å². The molecule has 0 unspecified atom stereocenters. The van der Waals surface area contributed by atoms with Gasteiger partial charge in [0.25, 0.3) is 0 Å². The third-order valence-electron chi connectivity index (χ3n) is 3.18. The number of thioether (sulfide) groups is 1. The highest BCUT2D eigenvalue weighted by molar-refractivity contribution is 7.98. The van der Waals surface area contributed by atoms with Crippen molar-refractivity contribution in [2.75, 3.05) is 7.05 Å². The fourth-order valence-electron chi connectivity index (χ4n) is 2.10. The second-order valence-electron chi connectivity index (χ2n) is 4.82. The van der Waals surface area contributed by atoms with E-state index in [9.17, 15) is 0 Å². The van der Waals surface area contributed by atoms with Gasteiger partial charge in [-0.05, 0) is 32.0 Å². The third-order valence-corrected chi connectivity index (χ3v) is 5.46. The second-order valence-corrected chi connectivity index (χ2v) is 7.04. The van der Waals surface area contributed by atoms with E-state index in [1.54, 1.807) is 0 Å². The molecule has 1 fully saturated rings. The van der Waals surface area contributed by atoms with E-state index in [1.165, 1.54) is 33.3 Å². The first-order valence-corrected chi connectivity index (χ1v) is 8.48. The molecule has 0 amide bonds.